The zero-order valence-electron chi connectivity index (χ0n) is 18.5. The van der Waals surface area contributed by atoms with Gasteiger partial charge in [-0.2, -0.15) is 4.98 Å². The number of methoxy groups -OCH3 is 1. The lowest BCUT2D eigenvalue weighted by Gasteiger charge is -2.16. The number of thiophene rings is 1. The van der Waals surface area contributed by atoms with Gasteiger partial charge in [-0.15, -0.1) is 11.3 Å². The first-order valence-corrected chi connectivity index (χ1v) is 12.0. The van der Waals surface area contributed by atoms with E-state index in [1.165, 1.54) is 28.8 Å². The Morgan fingerprint density at radius 3 is 2.75 bits per heavy atom. The Labute approximate surface area is 192 Å². The van der Waals surface area contributed by atoms with Crippen molar-refractivity contribution in [2.45, 2.75) is 39.0 Å². The van der Waals surface area contributed by atoms with Crippen LogP contribution in [-0.4, -0.2) is 28.7 Å². The Hall–Kier alpha value is -2.99. The zero-order chi connectivity index (χ0) is 21.9. The van der Waals surface area contributed by atoms with Crippen molar-refractivity contribution in [3.63, 3.8) is 0 Å². The second kappa shape index (κ2) is 9.25. The molecular weight excluding hydrogens is 418 g/mol. The highest BCUT2D eigenvalue weighted by atomic mass is 32.1. The molecule has 0 spiro atoms. The molecule has 0 amide bonds. The summed E-state index contributed by atoms with van der Waals surface area (Å²) in [5.74, 6) is 2.65. The summed E-state index contributed by atoms with van der Waals surface area (Å²) in [5, 5.41) is 1.12. The maximum atomic E-state index is 6.41. The van der Waals surface area contributed by atoms with Gasteiger partial charge in [-0.1, -0.05) is 19.1 Å². The van der Waals surface area contributed by atoms with Crippen LogP contribution >= 0.6 is 11.3 Å². The van der Waals surface area contributed by atoms with Crippen molar-refractivity contribution >= 4 is 21.6 Å². The number of fused-ring (bicyclic) bond motifs is 3. The molecule has 0 aliphatic heterocycles. The molecular formula is C26H27N3O2S. The second-order valence-electron chi connectivity index (χ2n) is 8.45. The highest BCUT2D eigenvalue weighted by molar-refractivity contribution is 7.18. The fraction of sp³-hybridized carbons (Fsp3) is 0.346. The Morgan fingerprint density at radius 2 is 1.91 bits per heavy atom. The lowest BCUT2D eigenvalue weighted by molar-refractivity contribution is 0.253. The smallest absolute Gasteiger partial charge is 0.226 e. The SMILES string of the molecule is COc1cccc(CC(C)COc2nc(-c3ccncc3)nc3sc4c(c23)CCCC4)c1. The molecule has 0 fully saturated rings. The molecule has 6 heteroatoms. The van der Waals surface area contributed by atoms with Crippen LogP contribution in [0.25, 0.3) is 21.6 Å². The normalized spacial score (nSPS) is 14.2. The summed E-state index contributed by atoms with van der Waals surface area (Å²) in [7, 11) is 1.70. The number of hydrogen-bond donors (Lipinski definition) is 0. The van der Waals surface area contributed by atoms with Crippen LogP contribution in [0, 0.1) is 5.92 Å². The Balaban J connectivity index is 1.44. The topological polar surface area (TPSA) is 57.1 Å². The molecule has 1 unspecified atom stereocenters. The van der Waals surface area contributed by atoms with E-state index in [1.54, 1.807) is 30.8 Å². The van der Waals surface area contributed by atoms with Crippen LogP contribution in [0.15, 0.2) is 48.8 Å². The first-order valence-electron chi connectivity index (χ1n) is 11.2. The fourth-order valence-electron chi connectivity index (χ4n) is 4.34. The molecule has 0 radical (unpaired) electrons. The summed E-state index contributed by atoms with van der Waals surface area (Å²) < 4.78 is 11.8. The number of pyridine rings is 1. The molecule has 1 aromatic carbocycles. The van der Waals surface area contributed by atoms with Crippen molar-refractivity contribution in [1.29, 1.82) is 0 Å². The molecule has 3 aromatic heterocycles. The van der Waals surface area contributed by atoms with Crippen molar-refractivity contribution in [3.05, 3.63) is 64.8 Å². The molecule has 164 valence electrons. The fourth-order valence-corrected chi connectivity index (χ4v) is 5.59. The number of hydrogen-bond acceptors (Lipinski definition) is 6. The minimum atomic E-state index is 0.339. The van der Waals surface area contributed by atoms with Crippen LogP contribution in [0.5, 0.6) is 11.6 Å². The molecule has 0 saturated carbocycles. The van der Waals surface area contributed by atoms with Crippen LogP contribution in [0.3, 0.4) is 0 Å². The molecule has 0 bridgehead atoms. The summed E-state index contributed by atoms with van der Waals surface area (Å²) in [6.45, 7) is 2.81. The van der Waals surface area contributed by atoms with Gasteiger partial charge in [0, 0.05) is 22.8 Å². The zero-order valence-corrected chi connectivity index (χ0v) is 19.3. The van der Waals surface area contributed by atoms with Crippen LogP contribution in [-0.2, 0) is 19.3 Å². The lowest BCUT2D eigenvalue weighted by atomic mass is 9.97. The third-order valence-corrected chi connectivity index (χ3v) is 7.13. The Kier molecular flexibility index (Phi) is 6.04. The lowest BCUT2D eigenvalue weighted by Crippen LogP contribution is -2.13. The van der Waals surface area contributed by atoms with E-state index >= 15 is 0 Å². The summed E-state index contributed by atoms with van der Waals surface area (Å²) in [4.78, 5) is 16.4. The molecule has 0 N–H and O–H groups in total. The Morgan fingerprint density at radius 1 is 1.06 bits per heavy atom. The number of rotatable bonds is 7. The van der Waals surface area contributed by atoms with Crippen molar-refractivity contribution in [2.24, 2.45) is 5.92 Å². The summed E-state index contributed by atoms with van der Waals surface area (Å²) in [5.41, 5.74) is 3.61. The molecule has 3 heterocycles. The number of aryl methyl sites for hydroxylation is 2. The first-order chi connectivity index (χ1) is 15.7. The first kappa shape index (κ1) is 20.9. The number of ether oxygens (including phenoxy) is 2. The van der Waals surface area contributed by atoms with Gasteiger partial charge in [0.2, 0.25) is 5.88 Å². The van der Waals surface area contributed by atoms with E-state index in [4.69, 9.17) is 19.4 Å². The van der Waals surface area contributed by atoms with Gasteiger partial charge in [0.1, 0.15) is 10.6 Å². The van der Waals surface area contributed by atoms with Gasteiger partial charge in [0.25, 0.3) is 0 Å². The molecule has 5 rings (SSSR count). The van der Waals surface area contributed by atoms with E-state index in [0.29, 0.717) is 18.3 Å². The third-order valence-electron chi connectivity index (χ3n) is 5.94. The molecule has 32 heavy (non-hydrogen) atoms. The van der Waals surface area contributed by atoms with E-state index in [0.717, 1.165) is 46.7 Å². The molecule has 1 aliphatic carbocycles. The minimum Gasteiger partial charge on any atom is -0.497 e. The summed E-state index contributed by atoms with van der Waals surface area (Å²) >= 11 is 1.80. The van der Waals surface area contributed by atoms with Gasteiger partial charge in [-0.25, -0.2) is 4.98 Å². The van der Waals surface area contributed by atoms with E-state index in [-0.39, 0.29) is 0 Å². The number of aromatic nitrogens is 3. The highest BCUT2D eigenvalue weighted by Crippen LogP contribution is 2.40. The highest BCUT2D eigenvalue weighted by Gasteiger charge is 2.23. The quantitative estimate of drug-likeness (QED) is 0.355. The van der Waals surface area contributed by atoms with E-state index in [9.17, 15) is 0 Å². The monoisotopic (exact) mass is 445 g/mol. The number of benzene rings is 1. The van der Waals surface area contributed by atoms with Gasteiger partial charge in [-0.05, 0) is 73.4 Å². The van der Waals surface area contributed by atoms with Crippen molar-refractivity contribution in [3.8, 4) is 23.0 Å². The largest absolute Gasteiger partial charge is 0.497 e. The average Bonchev–Trinajstić information content (AvgIpc) is 3.22. The van der Waals surface area contributed by atoms with Crippen LogP contribution in [0.4, 0.5) is 0 Å². The van der Waals surface area contributed by atoms with Crippen molar-refractivity contribution in [1.82, 2.24) is 15.0 Å². The van der Waals surface area contributed by atoms with Crippen LogP contribution < -0.4 is 9.47 Å². The molecule has 1 aliphatic rings. The maximum Gasteiger partial charge on any atom is 0.226 e. The van der Waals surface area contributed by atoms with Gasteiger partial charge in [0.05, 0.1) is 19.1 Å². The third kappa shape index (κ3) is 4.32. The van der Waals surface area contributed by atoms with Crippen molar-refractivity contribution < 1.29 is 9.47 Å². The van der Waals surface area contributed by atoms with Gasteiger partial charge in [0.15, 0.2) is 5.82 Å². The van der Waals surface area contributed by atoms with Gasteiger partial charge < -0.3 is 9.47 Å². The van der Waals surface area contributed by atoms with E-state index in [1.807, 2.05) is 24.3 Å². The number of nitrogens with zero attached hydrogens (tertiary/aromatic N) is 3. The van der Waals surface area contributed by atoms with E-state index < -0.39 is 0 Å². The predicted octanol–water partition coefficient (Wildman–Crippen LogP) is 5.90. The summed E-state index contributed by atoms with van der Waals surface area (Å²) in [6.07, 6.45) is 9.16. The molecule has 4 aromatic rings. The summed E-state index contributed by atoms with van der Waals surface area (Å²) in [6, 6.07) is 12.1. The van der Waals surface area contributed by atoms with Crippen LogP contribution in [0.1, 0.15) is 35.8 Å². The predicted molar refractivity (Wildman–Crippen MR) is 129 cm³/mol. The molecule has 5 nitrogen and oxygen atoms in total. The minimum absolute atomic E-state index is 0.339. The van der Waals surface area contributed by atoms with Crippen molar-refractivity contribution in [2.75, 3.05) is 13.7 Å². The maximum absolute atomic E-state index is 6.41. The molecule has 1 atom stereocenters. The van der Waals surface area contributed by atoms with Crippen LogP contribution in [0.2, 0.25) is 0 Å². The van der Waals surface area contributed by atoms with E-state index in [2.05, 4.69) is 24.0 Å². The van der Waals surface area contributed by atoms with Gasteiger partial charge >= 0.3 is 0 Å². The average molecular weight is 446 g/mol. The standard InChI is InChI=1S/C26H27N3O2S/c1-17(14-18-6-5-7-20(15-18)30-2)16-31-25-23-21-8-3-4-9-22(21)32-26(23)29-24(28-25)19-10-12-27-13-11-19/h5-7,10-13,15,17H,3-4,8-9,14,16H2,1-2H3. The molecule has 0 saturated heterocycles. The second-order valence-corrected chi connectivity index (χ2v) is 9.53. The Bertz CT molecular complexity index is 1220. The van der Waals surface area contributed by atoms with Gasteiger partial charge in [-0.3, -0.25) is 4.98 Å².